The summed E-state index contributed by atoms with van der Waals surface area (Å²) >= 11 is 0. The lowest BCUT2D eigenvalue weighted by Crippen LogP contribution is -1.98. The van der Waals surface area contributed by atoms with E-state index in [0.717, 1.165) is 18.4 Å². The summed E-state index contributed by atoms with van der Waals surface area (Å²) < 4.78 is 5.43. The van der Waals surface area contributed by atoms with E-state index in [0.29, 0.717) is 11.7 Å². The van der Waals surface area contributed by atoms with E-state index in [1.54, 1.807) is 6.92 Å². The molecule has 1 N–H and O–H groups in total. The van der Waals surface area contributed by atoms with E-state index in [9.17, 15) is 4.79 Å². The van der Waals surface area contributed by atoms with Crippen molar-refractivity contribution in [2.24, 2.45) is 0 Å². The average molecular weight is 243 g/mol. The van der Waals surface area contributed by atoms with Crippen molar-refractivity contribution < 1.29 is 14.3 Å². The first-order valence-corrected chi connectivity index (χ1v) is 5.98. The number of benzene rings is 1. The van der Waals surface area contributed by atoms with Gasteiger partial charge >= 0.3 is 5.97 Å². The minimum absolute atomic E-state index is 0.00880. The molecule has 92 valence electrons. The molecule has 1 aliphatic carbocycles. The SMILES string of the molecule is Cc1oc(-c2ccc3c(c2)CCC3)nc1C(=O)O. The molecule has 1 heterocycles. The maximum Gasteiger partial charge on any atom is 0.358 e. The Hall–Kier alpha value is -2.10. The van der Waals surface area contributed by atoms with Crippen molar-refractivity contribution in [1.29, 1.82) is 0 Å². The normalized spacial score (nSPS) is 13.6. The van der Waals surface area contributed by atoms with Crippen molar-refractivity contribution in [2.45, 2.75) is 26.2 Å². The molecule has 0 saturated heterocycles. The fraction of sp³-hybridized carbons (Fsp3) is 0.286. The van der Waals surface area contributed by atoms with Crippen LogP contribution in [0.1, 0.15) is 33.8 Å². The Kier molecular flexibility index (Phi) is 2.44. The van der Waals surface area contributed by atoms with Gasteiger partial charge in [0.1, 0.15) is 5.76 Å². The molecule has 0 bridgehead atoms. The lowest BCUT2D eigenvalue weighted by Gasteiger charge is -2.00. The number of oxazole rings is 1. The molecule has 2 aromatic rings. The highest BCUT2D eigenvalue weighted by Crippen LogP contribution is 2.28. The molecule has 0 atom stereocenters. The van der Waals surface area contributed by atoms with Crippen LogP contribution in [-0.2, 0) is 12.8 Å². The second kappa shape index (κ2) is 3.98. The number of aromatic nitrogens is 1. The molecule has 0 fully saturated rings. The topological polar surface area (TPSA) is 63.3 Å². The summed E-state index contributed by atoms with van der Waals surface area (Å²) in [5.41, 5.74) is 3.54. The van der Waals surface area contributed by atoms with Gasteiger partial charge in [0.2, 0.25) is 5.89 Å². The van der Waals surface area contributed by atoms with Crippen LogP contribution in [0.15, 0.2) is 22.6 Å². The van der Waals surface area contributed by atoms with Gasteiger partial charge in [-0.25, -0.2) is 9.78 Å². The van der Waals surface area contributed by atoms with E-state index in [4.69, 9.17) is 9.52 Å². The number of hydrogen-bond acceptors (Lipinski definition) is 3. The highest BCUT2D eigenvalue weighted by Gasteiger charge is 2.18. The first-order chi connectivity index (χ1) is 8.65. The standard InChI is InChI=1S/C14H13NO3/c1-8-12(14(16)17)15-13(18-8)11-6-5-9-3-2-4-10(9)7-11/h5-7H,2-4H2,1H3,(H,16,17). The van der Waals surface area contributed by atoms with E-state index in [-0.39, 0.29) is 5.69 Å². The molecular weight excluding hydrogens is 230 g/mol. The highest BCUT2D eigenvalue weighted by atomic mass is 16.4. The molecule has 0 aliphatic heterocycles. The van der Waals surface area contributed by atoms with Crippen LogP contribution in [0.2, 0.25) is 0 Å². The zero-order valence-electron chi connectivity index (χ0n) is 10.1. The van der Waals surface area contributed by atoms with Crippen LogP contribution in [0.3, 0.4) is 0 Å². The van der Waals surface area contributed by atoms with E-state index in [1.165, 1.54) is 17.5 Å². The molecule has 1 aliphatic rings. The molecule has 0 radical (unpaired) electrons. The zero-order valence-corrected chi connectivity index (χ0v) is 10.1. The fourth-order valence-corrected chi connectivity index (χ4v) is 2.42. The monoisotopic (exact) mass is 243 g/mol. The predicted octanol–water partition coefficient (Wildman–Crippen LogP) is 2.84. The molecule has 0 unspecified atom stereocenters. The van der Waals surface area contributed by atoms with Gasteiger partial charge in [-0.05, 0) is 49.4 Å². The summed E-state index contributed by atoms with van der Waals surface area (Å²) in [6.45, 7) is 1.62. The van der Waals surface area contributed by atoms with E-state index < -0.39 is 5.97 Å². The summed E-state index contributed by atoms with van der Waals surface area (Å²) in [6.07, 6.45) is 3.39. The zero-order chi connectivity index (χ0) is 12.7. The Labute approximate surface area is 104 Å². The number of aromatic carboxylic acids is 1. The first kappa shape index (κ1) is 11.0. The van der Waals surface area contributed by atoms with Crippen LogP contribution in [0, 0.1) is 6.92 Å². The van der Waals surface area contributed by atoms with Crippen molar-refractivity contribution in [3.05, 3.63) is 40.8 Å². The van der Waals surface area contributed by atoms with Crippen molar-refractivity contribution in [3.8, 4) is 11.5 Å². The number of fused-ring (bicyclic) bond motifs is 1. The molecule has 0 spiro atoms. The second-order valence-electron chi connectivity index (χ2n) is 4.57. The van der Waals surface area contributed by atoms with Gasteiger partial charge in [-0.2, -0.15) is 0 Å². The summed E-state index contributed by atoms with van der Waals surface area (Å²) in [5, 5.41) is 8.96. The number of carbonyl (C=O) groups is 1. The Morgan fingerprint density at radius 2 is 2.11 bits per heavy atom. The lowest BCUT2D eigenvalue weighted by molar-refractivity contribution is 0.0689. The maximum atomic E-state index is 10.9. The number of hydrogen-bond donors (Lipinski definition) is 1. The maximum absolute atomic E-state index is 10.9. The minimum atomic E-state index is -1.05. The quantitative estimate of drug-likeness (QED) is 0.880. The van der Waals surface area contributed by atoms with Crippen molar-refractivity contribution in [1.82, 2.24) is 4.98 Å². The molecule has 4 nitrogen and oxygen atoms in total. The van der Waals surface area contributed by atoms with Crippen LogP contribution in [0.5, 0.6) is 0 Å². The molecule has 1 aromatic carbocycles. The van der Waals surface area contributed by atoms with Gasteiger partial charge in [0.25, 0.3) is 0 Å². The smallest absolute Gasteiger partial charge is 0.358 e. The Morgan fingerprint density at radius 3 is 2.83 bits per heavy atom. The third-order valence-corrected chi connectivity index (χ3v) is 3.34. The first-order valence-electron chi connectivity index (χ1n) is 5.98. The third-order valence-electron chi connectivity index (χ3n) is 3.34. The lowest BCUT2D eigenvalue weighted by atomic mass is 10.1. The Bertz CT molecular complexity index is 628. The highest BCUT2D eigenvalue weighted by molar-refractivity contribution is 5.87. The van der Waals surface area contributed by atoms with E-state index in [1.807, 2.05) is 6.07 Å². The van der Waals surface area contributed by atoms with Crippen LogP contribution >= 0.6 is 0 Å². The third kappa shape index (κ3) is 1.70. The number of nitrogens with zero attached hydrogens (tertiary/aromatic N) is 1. The molecule has 4 heteroatoms. The van der Waals surface area contributed by atoms with E-state index >= 15 is 0 Å². The van der Waals surface area contributed by atoms with Crippen LogP contribution in [-0.4, -0.2) is 16.1 Å². The summed E-state index contributed by atoms with van der Waals surface area (Å²) in [5.74, 6) is -0.318. The molecule has 3 rings (SSSR count). The van der Waals surface area contributed by atoms with Gasteiger partial charge in [-0.15, -0.1) is 0 Å². The number of carboxylic acid groups (broad SMARTS) is 1. The largest absolute Gasteiger partial charge is 0.476 e. The summed E-state index contributed by atoms with van der Waals surface area (Å²) in [4.78, 5) is 15.0. The van der Waals surface area contributed by atoms with Gasteiger partial charge in [0, 0.05) is 5.56 Å². The molecule has 0 amide bonds. The minimum Gasteiger partial charge on any atom is -0.476 e. The molecule has 18 heavy (non-hydrogen) atoms. The van der Waals surface area contributed by atoms with Gasteiger partial charge in [-0.1, -0.05) is 6.07 Å². The van der Waals surface area contributed by atoms with Gasteiger partial charge < -0.3 is 9.52 Å². The molecule has 0 saturated carbocycles. The van der Waals surface area contributed by atoms with Crippen molar-refractivity contribution in [2.75, 3.05) is 0 Å². The summed E-state index contributed by atoms with van der Waals surface area (Å²) in [6, 6.07) is 6.08. The predicted molar refractivity (Wildman–Crippen MR) is 65.7 cm³/mol. The van der Waals surface area contributed by atoms with Crippen LogP contribution in [0.4, 0.5) is 0 Å². The van der Waals surface area contributed by atoms with Crippen LogP contribution in [0.25, 0.3) is 11.5 Å². The Balaban J connectivity index is 2.05. The molecule has 1 aromatic heterocycles. The van der Waals surface area contributed by atoms with Crippen LogP contribution < -0.4 is 0 Å². The van der Waals surface area contributed by atoms with Gasteiger partial charge in [0.05, 0.1) is 0 Å². The van der Waals surface area contributed by atoms with Crippen molar-refractivity contribution in [3.63, 3.8) is 0 Å². The summed E-state index contributed by atoms with van der Waals surface area (Å²) in [7, 11) is 0. The van der Waals surface area contributed by atoms with Crippen molar-refractivity contribution >= 4 is 5.97 Å². The number of rotatable bonds is 2. The fourth-order valence-electron chi connectivity index (χ4n) is 2.42. The second-order valence-corrected chi connectivity index (χ2v) is 4.57. The molecular formula is C14H13NO3. The van der Waals surface area contributed by atoms with Gasteiger partial charge in [0.15, 0.2) is 5.69 Å². The number of aryl methyl sites for hydroxylation is 3. The van der Waals surface area contributed by atoms with E-state index in [2.05, 4.69) is 17.1 Å². The van der Waals surface area contributed by atoms with Gasteiger partial charge in [-0.3, -0.25) is 0 Å². The average Bonchev–Trinajstić information content (AvgIpc) is 2.93. The number of carboxylic acids is 1. The Morgan fingerprint density at radius 1 is 1.33 bits per heavy atom.